The van der Waals surface area contributed by atoms with Gasteiger partial charge in [-0.1, -0.05) is 19.1 Å². The molecule has 2 aromatic rings. The van der Waals surface area contributed by atoms with Gasteiger partial charge in [-0.2, -0.15) is 0 Å². The molecule has 7 nitrogen and oxygen atoms in total. The minimum atomic E-state index is -0.245. The summed E-state index contributed by atoms with van der Waals surface area (Å²) in [5.74, 6) is 0.0995. The Balaban J connectivity index is 1.57. The van der Waals surface area contributed by atoms with Gasteiger partial charge >= 0.3 is 0 Å². The van der Waals surface area contributed by atoms with Crippen molar-refractivity contribution in [3.63, 3.8) is 0 Å². The van der Waals surface area contributed by atoms with Gasteiger partial charge < -0.3 is 20.4 Å². The molecule has 142 valence electrons. The lowest BCUT2D eigenvalue weighted by Gasteiger charge is -2.24. The van der Waals surface area contributed by atoms with Crippen molar-refractivity contribution < 1.29 is 5.11 Å². The van der Waals surface area contributed by atoms with Gasteiger partial charge in [0, 0.05) is 36.7 Å². The highest BCUT2D eigenvalue weighted by Gasteiger charge is 2.27. The van der Waals surface area contributed by atoms with Crippen LogP contribution in [-0.2, 0) is 6.42 Å². The molecule has 2 aliphatic rings. The number of aromatic hydroxyl groups is 1. The summed E-state index contributed by atoms with van der Waals surface area (Å²) >= 11 is 0. The molecule has 0 saturated carbocycles. The molecule has 27 heavy (non-hydrogen) atoms. The summed E-state index contributed by atoms with van der Waals surface area (Å²) in [7, 11) is 0. The highest BCUT2D eigenvalue weighted by molar-refractivity contribution is 5.69. The molecule has 1 saturated heterocycles. The summed E-state index contributed by atoms with van der Waals surface area (Å²) < 4.78 is 0. The number of H-pyrrole nitrogens is 1. The van der Waals surface area contributed by atoms with E-state index in [1.807, 2.05) is 31.5 Å². The first-order chi connectivity index (χ1) is 13.1. The summed E-state index contributed by atoms with van der Waals surface area (Å²) in [6.45, 7) is 5.56. The molecule has 0 aliphatic carbocycles. The third-order valence-corrected chi connectivity index (χ3v) is 5.47. The highest BCUT2D eigenvalue weighted by atomic mass is 16.3. The second kappa shape index (κ2) is 7.00. The number of hydrazine groups is 2. The third-order valence-electron chi connectivity index (χ3n) is 5.47. The molecular formula is C20H25N5O2. The van der Waals surface area contributed by atoms with Crippen LogP contribution < -0.4 is 21.4 Å². The van der Waals surface area contributed by atoms with E-state index in [2.05, 4.69) is 38.0 Å². The lowest BCUT2D eigenvalue weighted by molar-refractivity contribution is 0.210. The average Bonchev–Trinajstić information content (AvgIpc) is 3.37. The van der Waals surface area contributed by atoms with E-state index in [9.17, 15) is 9.90 Å². The maximum Gasteiger partial charge on any atom is 0.255 e. The topological polar surface area (TPSA) is 83.6 Å². The van der Waals surface area contributed by atoms with Crippen molar-refractivity contribution >= 4 is 5.69 Å². The monoisotopic (exact) mass is 367 g/mol. The van der Waals surface area contributed by atoms with Crippen LogP contribution in [0.15, 0.2) is 41.5 Å². The normalized spacial score (nSPS) is 19.0. The standard InChI is InChI=1S/C20H25N5O2/c1-3-17-18(22-20(27)13(2)19(17)26)14-4-6-15(7-5-14)24-10-8-16(12-24)25-11-9-21-23-25/h4-7,9,11,16,21,23H,3,8,10,12H2,1-2H3,(H2,22,26,27). The molecule has 0 radical (unpaired) electrons. The van der Waals surface area contributed by atoms with Crippen molar-refractivity contribution in [1.82, 2.24) is 21.0 Å². The SMILES string of the molecule is CCc1c(-c2ccc(N3CCC(N4C=CNN4)C3)cc2)[nH]c(=O)c(C)c1O. The van der Waals surface area contributed by atoms with Crippen LogP contribution in [0, 0.1) is 6.92 Å². The fourth-order valence-corrected chi connectivity index (χ4v) is 3.85. The molecule has 7 heteroatoms. The minimum Gasteiger partial charge on any atom is -0.507 e. The van der Waals surface area contributed by atoms with E-state index in [4.69, 9.17) is 0 Å². The predicted octanol–water partition coefficient (Wildman–Crippen LogP) is 1.99. The largest absolute Gasteiger partial charge is 0.507 e. The van der Waals surface area contributed by atoms with Gasteiger partial charge in [-0.05, 0) is 37.5 Å². The van der Waals surface area contributed by atoms with E-state index in [-0.39, 0.29) is 11.3 Å². The lowest BCUT2D eigenvalue weighted by Crippen LogP contribution is -2.43. The fourth-order valence-electron chi connectivity index (χ4n) is 3.85. The van der Waals surface area contributed by atoms with Gasteiger partial charge in [0.25, 0.3) is 5.56 Å². The van der Waals surface area contributed by atoms with Crippen molar-refractivity contribution in [3.8, 4) is 17.0 Å². The second-order valence-corrected chi connectivity index (χ2v) is 7.05. The summed E-state index contributed by atoms with van der Waals surface area (Å²) in [5.41, 5.74) is 9.77. The number of hydrogen-bond acceptors (Lipinski definition) is 6. The van der Waals surface area contributed by atoms with Crippen LogP contribution >= 0.6 is 0 Å². The lowest BCUT2D eigenvalue weighted by atomic mass is 10.0. The maximum atomic E-state index is 12.1. The number of aromatic amines is 1. The number of hydrogen-bond donors (Lipinski definition) is 4. The third kappa shape index (κ3) is 3.14. The van der Waals surface area contributed by atoms with Crippen molar-refractivity contribution in [3.05, 3.63) is 58.1 Å². The molecule has 4 N–H and O–H groups in total. The summed E-state index contributed by atoms with van der Waals surface area (Å²) in [4.78, 5) is 17.4. The maximum absolute atomic E-state index is 12.1. The Bertz CT molecular complexity index is 919. The van der Waals surface area contributed by atoms with Crippen LogP contribution in [-0.4, -0.2) is 34.2 Å². The number of aromatic nitrogens is 1. The number of rotatable bonds is 4. The van der Waals surface area contributed by atoms with Crippen LogP contribution in [0.25, 0.3) is 11.3 Å². The summed E-state index contributed by atoms with van der Waals surface area (Å²) in [5, 5.41) is 12.4. The van der Waals surface area contributed by atoms with Crippen molar-refractivity contribution in [2.75, 3.05) is 18.0 Å². The van der Waals surface area contributed by atoms with E-state index < -0.39 is 0 Å². The Hall–Kier alpha value is -2.93. The van der Waals surface area contributed by atoms with Crippen molar-refractivity contribution in [1.29, 1.82) is 0 Å². The molecule has 1 atom stereocenters. The molecule has 1 aromatic carbocycles. The van der Waals surface area contributed by atoms with Crippen LogP contribution in [0.2, 0.25) is 0 Å². The first kappa shape index (κ1) is 17.5. The fraction of sp³-hybridized carbons (Fsp3) is 0.350. The molecule has 0 amide bonds. The molecule has 1 fully saturated rings. The summed E-state index contributed by atoms with van der Waals surface area (Å²) in [6.07, 6.45) is 5.64. The second-order valence-electron chi connectivity index (χ2n) is 7.05. The first-order valence-electron chi connectivity index (χ1n) is 9.34. The Morgan fingerprint density at radius 1 is 1.26 bits per heavy atom. The molecule has 1 unspecified atom stereocenters. The van der Waals surface area contributed by atoms with Gasteiger partial charge in [0.05, 0.1) is 17.3 Å². The van der Waals surface area contributed by atoms with Crippen molar-refractivity contribution in [2.45, 2.75) is 32.7 Å². The Kier molecular flexibility index (Phi) is 4.53. The quantitative estimate of drug-likeness (QED) is 0.662. The van der Waals surface area contributed by atoms with E-state index >= 15 is 0 Å². The minimum absolute atomic E-state index is 0.0995. The zero-order valence-corrected chi connectivity index (χ0v) is 15.6. The zero-order chi connectivity index (χ0) is 19.0. The number of anilines is 1. The Morgan fingerprint density at radius 2 is 2.04 bits per heavy atom. The van der Waals surface area contributed by atoms with Gasteiger partial charge in [-0.3, -0.25) is 9.80 Å². The zero-order valence-electron chi connectivity index (χ0n) is 15.6. The number of nitrogens with one attached hydrogen (secondary N) is 3. The molecular weight excluding hydrogens is 342 g/mol. The van der Waals surface area contributed by atoms with E-state index in [0.29, 0.717) is 23.7 Å². The Morgan fingerprint density at radius 3 is 2.70 bits per heavy atom. The molecule has 4 rings (SSSR count). The number of nitrogens with zero attached hydrogens (tertiary/aromatic N) is 2. The first-order valence-corrected chi connectivity index (χ1v) is 9.34. The predicted molar refractivity (Wildman–Crippen MR) is 106 cm³/mol. The summed E-state index contributed by atoms with van der Waals surface area (Å²) in [6, 6.07) is 8.61. The van der Waals surface area contributed by atoms with E-state index in [0.717, 1.165) is 36.3 Å². The average molecular weight is 367 g/mol. The molecule has 2 aliphatic heterocycles. The van der Waals surface area contributed by atoms with Crippen molar-refractivity contribution in [2.24, 2.45) is 0 Å². The van der Waals surface area contributed by atoms with Gasteiger partial charge in [0.2, 0.25) is 0 Å². The van der Waals surface area contributed by atoms with E-state index in [1.165, 1.54) is 0 Å². The van der Waals surface area contributed by atoms with Gasteiger partial charge in [0.1, 0.15) is 5.75 Å². The number of benzene rings is 1. The van der Waals surface area contributed by atoms with Crippen LogP contribution in [0.1, 0.15) is 24.5 Å². The van der Waals surface area contributed by atoms with Gasteiger partial charge in [-0.15, -0.1) is 5.53 Å². The van der Waals surface area contributed by atoms with E-state index in [1.54, 1.807) is 6.92 Å². The van der Waals surface area contributed by atoms with Gasteiger partial charge in [0.15, 0.2) is 0 Å². The van der Waals surface area contributed by atoms with Crippen LogP contribution in [0.3, 0.4) is 0 Å². The number of pyridine rings is 1. The molecule has 0 bridgehead atoms. The van der Waals surface area contributed by atoms with Gasteiger partial charge in [-0.25, -0.2) is 0 Å². The smallest absolute Gasteiger partial charge is 0.255 e. The van der Waals surface area contributed by atoms with Crippen LogP contribution in [0.5, 0.6) is 5.75 Å². The Labute approximate surface area is 158 Å². The molecule has 0 spiro atoms. The van der Waals surface area contributed by atoms with Crippen LogP contribution in [0.4, 0.5) is 5.69 Å². The molecule has 3 heterocycles. The highest BCUT2D eigenvalue weighted by Crippen LogP contribution is 2.31. The molecule has 1 aromatic heterocycles.